The fourth-order valence-corrected chi connectivity index (χ4v) is 2.91. The molecule has 0 radical (unpaired) electrons. The van der Waals surface area contributed by atoms with Gasteiger partial charge in [0.2, 0.25) is 5.88 Å². The second-order valence-corrected chi connectivity index (χ2v) is 6.34. The van der Waals surface area contributed by atoms with Gasteiger partial charge < -0.3 is 24.4 Å². The number of methoxy groups -OCH3 is 2. The molecule has 1 aliphatic heterocycles. The second kappa shape index (κ2) is 8.57. The van der Waals surface area contributed by atoms with Crippen LogP contribution < -0.4 is 19.5 Å². The summed E-state index contributed by atoms with van der Waals surface area (Å²) in [5, 5.41) is 10.9. The van der Waals surface area contributed by atoms with Crippen LogP contribution in [0.25, 0.3) is 0 Å². The third kappa shape index (κ3) is 4.78. The van der Waals surface area contributed by atoms with Crippen LogP contribution in [0.2, 0.25) is 0 Å². The monoisotopic (exact) mass is 372 g/mol. The molecule has 2 heterocycles. The molecule has 1 aliphatic rings. The number of ether oxygens (including phenoxy) is 3. The van der Waals surface area contributed by atoms with E-state index in [-0.39, 0.29) is 12.1 Å². The van der Waals surface area contributed by atoms with Crippen molar-refractivity contribution in [2.24, 2.45) is 0 Å². The molecule has 0 saturated carbocycles. The Kier molecular flexibility index (Phi) is 5.95. The summed E-state index contributed by atoms with van der Waals surface area (Å²) in [5.74, 6) is 1.78. The van der Waals surface area contributed by atoms with E-state index >= 15 is 0 Å². The lowest BCUT2D eigenvalue weighted by Gasteiger charge is -2.18. The zero-order chi connectivity index (χ0) is 19.2. The first-order valence-electron chi connectivity index (χ1n) is 8.79. The van der Waals surface area contributed by atoms with Crippen LogP contribution in [-0.4, -0.2) is 54.5 Å². The van der Waals surface area contributed by atoms with E-state index in [4.69, 9.17) is 14.2 Å². The maximum absolute atomic E-state index is 12.4. The van der Waals surface area contributed by atoms with E-state index in [1.54, 1.807) is 25.2 Å². The number of rotatable bonds is 6. The number of likely N-dealkylation sites (tertiary alicyclic amines) is 1. The minimum Gasteiger partial charge on any atom is -0.493 e. The molecule has 8 nitrogen and oxygen atoms in total. The highest BCUT2D eigenvalue weighted by molar-refractivity contribution is 5.74. The Labute approximate surface area is 158 Å². The summed E-state index contributed by atoms with van der Waals surface area (Å²) in [6.07, 6.45) is 0.688. The number of hydrogen-bond donors (Lipinski definition) is 1. The standard InChI is InChI=1S/C19H24N4O4/c1-13-4-7-18(22-21-13)27-15-8-9-23(12-15)19(24)20-11-14-5-6-16(25-2)17(10-14)26-3/h4-7,10,15H,8-9,11-12H2,1-3H3,(H,20,24). The van der Waals surface area contributed by atoms with Gasteiger partial charge in [-0.05, 0) is 30.7 Å². The second-order valence-electron chi connectivity index (χ2n) is 6.34. The molecule has 3 rings (SSSR count). The lowest BCUT2D eigenvalue weighted by Crippen LogP contribution is -2.39. The largest absolute Gasteiger partial charge is 0.493 e. The molecule has 2 amide bonds. The van der Waals surface area contributed by atoms with Crippen molar-refractivity contribution in [3.8, 4) is 17.4 Å². The van der Waals surface area contributed by atoms with Gasteiger partial charge in [-0.1, -0.05) is 6.07 Å². The number of carbonyl (C=O) groups is 1. The molecule has 27 heavy (non-hydrogen) atoms. The van der Waals surface area contributed by atoms with Crippen LogP contribution in [0.4, 0.5) is 4.79 Å². The van der Waals surface area contributed by atoms with Gasteiger partial charge in [-0.3, -0.25) is 0 Å². The SMILES string of the molecule is COc1ccc(CNC(=O)N2CCC(Oc3ccc(C)nn3)C2)cc1OC. The van der Waals surface area contributed by atoms with Crippen molar-refractivity contribution < 1.29 is 19.0 Å². The lowest BCUT2D eigenvalue weighted by atomic mass is 10.2. The maximum atomic E-state index is 12.4. The molecule has 144 valence electrons. The number of aryl methyl sites for hydroxylation is 1. The molecule has 0 spiro atoms. The Balaban J connectivity index is 1.49. The number of carbonyl (C=O) groups excluding carboxylic acids is 1. The van der Waals surface area contributed by atoms with E-state index in [1.165, 1.54) is 0 Å². The molecule has 1 fully saturated rings. The summed E-state index contributed by atoms with van der Waals surface area (Å²) in [6, 6.07) is 9.10. The maximum Gasteiger partial charge on any atom is 0.317 e. The number of benzene rings is 1. The summed E-state index contributed by atoms with van der Waals surface area (Å²) in [5.41, 5.74) is 1.77. The van der Waals surface area contributed by atoms with Crippen LogP contribution in [0.5, 0.6) is 17.4 Å². The first-order valence-corrected chi connectivity index (χ1v) is 8.79. The van der Waals surface area contributed by atoms with Gasteiger partial charge in [0.05, 0.1) is 26.5 Å². The van der Waals surface area contributed by atoms with Gasteiger partial charge in [0, 0.05) is 25.6 Å². The minimum absolute atomic E-state index is 0.0752. The Morgan fingerprint density at radius 3 is 2.70 bits per heavy atom. The zero-order valence-corrected chi connectivity index (χ0v) is 15.8. The molecule has 1 aromatic carbocycles. The van der Waals surface area contributed by atoms with E-state index in [2.05, 4.69) is 15.5 Å². The molecular weight excluding hydrogens is 348 g/mol. The normalized spacial score (nSPS) is 16.1. The highest BCUT2D eigenvalue weighted by Gasteiger charge is 2.27. The van der Waals surface area contributed by atoms with Crippen LogP contribution in [0.15, 0.2) is 30.3 Å². The molecule has 1 aromatic heterocycles. The van der Waals surface area contributed by atoms with Gasteiger partial charge in [0.15, 0.2) is 11.5 Å². The number of nitrogens with zero attached hydrogens (tertiary/aromatic N) is 3. The molecule has 1 saturated heterocycles. The third-order valence-electron chi connectivity index (χ3n) is 4.38. The van der Waals surface area contributed by atoms with Crippen LogP contribution in [0, 0.1) is 6.92 Å². The van der Waals surface area contributed by atoms with Crippen molar-refractivity contribution in [2.45, 2.75) is 26.0 Å². The fourth-order valence-electron chi connectivity index (χ4n) is 2.91. The molecule has 0 bridgehead atoms. The number of nitrogens with one attached hydrogen (secondary N) is 1. The van der Waals surface area contributed by atoms with Crippen LogP contribution in [0.3, 0.4) is 0 Å². The quantitative estimate of drug-likeness (QED) is 0.836. The molecule has 8 heteroatoms. The molecule has 0 aliphatic carbocycles. The van der Waals surface area contributed by atoms with Gasteiger partial charge in [-0.2, -0.15) is 5.10 Å². The zero-order valence-electron chi connectivity index (χ0n) is 15.8. The summed E-state index contributed by atoms with van der Waals surface area (Å²) in [7, 11) is 3.18. The number of amides is 2. The van der Waals surface area contributed by atoms with E-state index in [9.17, 15) is 4.79 Å². The minimum atomic E-state index is -0.120. The number of aromatic nitrogens is 2. The summed E-state index contributed by atoms with van der Waals surface area (Å²) < 4.78 is 16.3. The van der Waals surface area contributed by atoms with Gasteiger partial charge >= 0.3 is 6.03 Å². The van der Waals surface area contributed by atoms with E-state index in [0.717, 1.165) is 17.7 Å². The van der Waals surface area contributed by atoms with Crippen LogP contribution in [-0.2, 0) is 6.54 Å². The first kappa shape index (κ1) is 18.8. The first-order chi connectivity index (χ1) is 13.1. The molecule has 2 aromatic rings. The summed E-state index contributed by atoms with van der Waals surface area (Å²) >= 11 is 0. The number of urea groups is 1. The van der Waals surface area contributed by atoms with E-state index in [1.807, 2.05) is 31.2 Å². The van der Waals surface area contributed by atoms with Crippen molar-refractivity contribution in [1.82, 2.24) is 20.4 Å². The number of hydrogen-bond acceptors (Lipinski definition) is 6. The highest BCUT2D eigenvalue weighted by Crippen LogP contribution is 2.27. The van der Waals surface area contributed by atoms with Crippen LogP contribution in [0.1, 0.15) is 17.7 Å². The predicted molar refractivity (Wildman–Crippen MR) is 99.2 cm³/mol. The topological polar surface area (TPSA) is 85.8 Å². The molecule has 1 unspecified atom stereocenters. The van der Waals surface area contributed by atoms with Gasteiger partial charge in [-0.15, -0.1) is 5.10 Å². The average Bonchev–Trinajstić information content (AvgIpc) is 3.16. The van der Waals surface area contributed by atoms with Crippen molar-refractivity contribution in [3.63, 3.8) is 0 Å². The van der Waals surface area contributed by atoms with Crippen molar-refractivity contribution in [1.29, 1.82) is 0 Å². The molecule has 1 atom stereocenters. The average molecular weight is 372 g/mol. The highest BCUT2D eigenvalue weighted by atomic mass is 16.5. The Bertz CT molecular complexity index is 782. The summed E-state index contributed by atoms with van der Waals surface area (Å²) in [4.78, 5) is 14.2. The molecule has 1 N–H and O–H groups in total. The van der Waals surface area contributed by atoms with Gasteiger partial charge in [-0.25, -0.2) is 4.79 Å². The van der Waals surface area contributed by atoms with Crippen molar-refractivity contribution in [3.05, 3.63) is 41.6 Å². The predicted octanol–water partition coefficient (Wildman–Crippen LogP) is 2.17. The summed E-state index contributed by atoms with van der Waals surface area (Å²) in [6.45, 7) is 3.44. The van der Waals surface area contributed by atoms with Crippen molar-refractivity contribution >= 4 is 6.03 Å². The van der Waals surface area contributed by atoms with Gasteiger partial charge in [0.25, 0.3) is 0 Å². The van der Waals surface area contributed by atoms with Gasteiger partial charge in [0.1, 0.15) is 6.10 Å². The smallest absolute Gasteiger partial charge is 0.317 e. The Hall–Kier alpha value is -3.03. The van der Waals surface area contributed by atoms with E-state index < -0.39 is 0 Å². The van der Waals surface area contributed by atoms with Crippen molar-refractivity contribution in [2.75, 3.05) is 27.3 Å². The lowest BCUT2D eigenvalue weighted by molar-refractivity contribution is 0.182. The fraction of sp³-hybridized carbons (Fsp3) is 0.421. The molecular formula is C19H24N4O4. The Morgan fingerprint density at radius 1 is 1.19 bits per heavy atom. The van der Waals surface area contributed by atoms with Crippen LogP contribution >= 0.6 is 0 Å². The Morgan fingerprint density at radius 2 is 2.00 bits per heavy atom. The third-order valence-corrected chi connectivity index (χ3v) is 4.38. The van der Waals surface area contributed by atoms with E-state index in [0.29, 0.717) is 37.0 Å².